The van der Waals surface area contributed by atoms with Crippen molar-refractivity contribution < 1.29 is 9.90 Å². The van der Waals surface area contributed by atoms with Crippen molar-refractivity contribution in [2.75, 3.05) is 25.0 Å². The molecular weight excluding hydrogens is 350 g/mol. The summed E-state index contributed by atoms with van der Waals surface area (Å²) in [7, 11) is 0. The van der Waals surface area contributed by atoms with E-state index in [1.165, 1.54) is 0 Å². The smallest absolute Gasteiger partial charge is 0.256 e. The van der Waals surface area contributed by atoms with Crippen LogP contribution in [0.2, 0.25) is 0 Å². The predicted molar refractivity (Wildman–Crippen MR) is 111 cm³/mol. The third-order valence-corrected chi connectivity index (χ3v) is 5.36. The molecule has 1 amide bonds. The molecule has 0 spiro atoms. The molecule has 1 aliphatic heterocycles. The molecule has 2 aromatic carbocycles. The first-order valence-electron chi connectivity index (χ1n) is 9.80. The maximum absolute atomic E-state index is 12.8. The number of likely N-dealkylation sites (tertiary alicyclic amines) is 1. The van der Waals surface area contributed by atoms with E-state index in [-0.39, 0.29) is 12.5 Å². The Bertz CT molecular complexity index is 967. The van der Waals surface area contributed by atoms with Crippen molar-refractivity contribution in [3.8, 4) is 0 Å². The van der Waals surface area contributed by atoms with Crippen LogP contribution in [-0.4, -0.2) is 40.6 Å². The minimum absolute atomic E-state index is 0.155. The van der Waals surface area contributed by atoms with Gasteiger partial charge in [-0.1, -0.05) is 36.4 Å². The Labute approximate surface area is 165 Å². The van der Waals surface area contributed by atoms with Crippen LogP contribution in [0, 0.1) is 5.92 Å². The second-order valence-corrected chi connectivity index (χ2v) is 7.46. The maximum atomic E-state index is 12.8. The summed E-state index contributed by atoms with van der Waals surface area (Å²) in [6, 6.07) is 17.6. The van der Waals surface area contributed by atoms with Crippen LogP contribution in [0.4, 0.5) is 5.82 Å². The Hall–Kier alpha value is -2.76. The summed E-state index contributed by atoms with van der Waals surface area (Å²) in [6.07, 6.45) is 3.91. The molecule has 3 aromatic rings. The van der Waals surface area contributed by atoms with Gasteiger partial charge >= 0.3 is 0 Å². The van der Waals surface area contributed by atoms with Crippen molar-refractivity contribution in [1.29, 1.82) is 0 Å². The number of nitrogens with zero attached hydrogens (tertiary/aromatic N) is 2. The molecule has 1 aromatic heterocycles. The van der Waals surface area contributed by atoms with Crippen LogP contribution in [0.1, 0.15) is 28.8 Å². The molecule has 2 N–H and O–H groups in total. The van der Waals surface area contributed by atoms with Crippen LogP contribution < -0.4 is 5.32 Å². The number of hydrogen-bond donors (Lipinski definition) is 2. The number of piperidine rings is 1. The molecule has 5 nitrogen and oxygen atoms in total. The third-order valence-electron chi connectivity index (χ3n) is 5.36. The van der Waals surface area contributed by atoms with Gasteiger partial charge in [-0.2, -0.15) is 0 Å². The molecular formula is C23H25N3O2. The van der Waals surface area contributed by atoms with Gasteiger partial charge < -0.3 is 10.4 Å². The number of benzene rings is 2. The van der Waals surface area contributed by atoms with Gasteiger partial charge in [-0.05, 0) is 54.5 Å². The van der Waals surface area contributed by atoms with Crippen molar-refractivity contribution in [2.45, 2.75) is 19.4 Å². The molecule has 0 bridgehead atoms. The zero-order valence-electron chi connectivity index (χ0n) is 15.8. The molecule has 0 aliphatic carbocycles. The molecule has 144 valence electrons. The van der Waals surface area contributed by atoms with Crippen molar-refractivity contribution >= 4 is 22.5 Å². The van der Waals surface area contributed by atoms with Crippen molar-refractivity contribution in [3.63, 3.8) is 0 Å². The number of aliphatic hydroxyl groups excluding tert-OH is 1. The largest absolute Gasteiger partial charge is 0.396 e. The summed E-state index contributed by atoms with van der Waals surface area (Å²) in [5.74, 6) is 0.783. The predicted octanol–water partition coefficient (Wildman–Crippen LogP) is 3.69. The first kappa shape index (κ1) is 18.6. The number of hydrogen-bond acceptors (Lipinski definition) is 4. The summed E-state index contributed by atoms with van der Waals surface area (Å²) in [4.78, 5) is 19.5. The first-order chi connectivity index (χ1) is 13.7. The van der Waals surface area contributed by atoms with Crippen molar-refractivity contribution in [3.05, 3.63) is 71.9 Å². The second kappa shape index (κ2) is 8.50. The van der Waals surface area contributed by atoms with Crippen LogP contribution in [0.15, 0.2) is 60.8 Å². The van der Waals surface area contributed by atoms with E-state index in [0.717, 1.165) is 48.8 Å². The molecule has 5 heteroatoms. The van der Waals surface area contributed by atoms with E-state index in [1.54, 1.807) is 6.20 Å². The van der Waals surface area contributed by atoms with E-state index in [4.69, 9.17) is 0 Å². The molecule has 4 rings (SSSR count). The number of carbonyl (C=O) groups is 1. The molecule has 1 aliphatic rings. The highest BCUT2D eigenvalue weighted by atomic mass is 16.3. The molecule has 0 saturated carbocycles. The second-order valence-electron chi connectivity index (χ2n) is 7.46. The number of fused-ring (bicyclic) bond motifs is 1. The number of pyridine rings is 1. The standard InChI is InChI=1S/C23H25N3O2/c27-16-18-6-4-12-26(15-18)14-17-5-3-8-20(13-17)23(28)25-22-21-9-2-1-7-19(21)10-11-24-22/h1-3,5,7-11,13,18,27H,4,6,12,14-16H2,(H,24,25,28)/t18-/m1/s1. The highest BCUT2D eigenvalue weighted by Crippen LogP contribution is 2.22. The number of aromatic nitrogens is 1. The third kappa shape index (κ3) is 4.21. The minimum atomic E-state index is -0.155. The van der Waals surface area contributed by atoms with Gasteiger partial charge in [-0.15, -0.1) is 0 Å². The number of amides is 1. The van der Waals surface area contributed by atoms with Gasteiger partial charge in [-0.25, -0.2) is 4.98 Å². The Morgan fingerprint density at radius 3 is 2.96 bits per heavy atom. The Morgan fingerprint density at radius 2 is 2.07 bits per heavy atom. The molecule has 2 heterocycles. The van der Waals surface area contributed by atoms with E-state index in [2.05, 4.69) is 21.3 Å². The lowest BCUT2D eigenvalue weighted by molar-refractivity contribution is 0.102. The van der Waals surface area contributed by atoms with Crippen LogP contribution in [0.3, 0.4) is 0 Å². The zero-order chi connectivity index (χ0) is 19.3. The lowest BCUT2D eigenvalue weighted by Crippen LogP contribution is -2.36. The van der Waals surface area contributed by atoms with E-state index in [0.29, 0.717) is 17.3 Å². The van der Waals surface area contributed by atoms with Gasteiger partial charge in [0.1, 0.15) is 5.82 Å². The molecule has 0 radical (unpaired) electrons. The highest BCUT2D eigenvalue weighted by Gasteiger charge is 2.19. The van der Waals surface area contributed by atoms with Crippen LogP contribution in [-0.2, 0) is 6.54 Å². The summed E-state index contributed by atoms with van der Waals surface area (Å²) >= 11 is 0. The van der Waals surface area contributed by atoms with Gasteiger partial charge in [0.15, 0.2) is 0 Å². The van der Waals surface area contributed by atoms with Gasteiger partial charge in [0, 0.05) is 36.8 Å². The first-order valence-corrected chi connectivity index (χ1v) is 9.80. The molecule has 0 unspecified atom stereocenters. The number of aliphatic hydroxyl groups is 1. The fourth-order valence-corrected chi connectivity index (χ4v) is 3.91. The fraction of sp³-hybridized carbons (Fsp3) is 0.304. The lowest BCUT2D eigenvalue weighted by Gasteiger charge is -2.31. The molecule has 1 saturated heterocycles. The highest BCUT2D eigenvalue weighted by molar-refractivity contribution is 6.08. The summed E-state index contributed by atoms with van der Waals surface area (Å²) < 4.78 is 0. The van der Waals surface area contributed by atoms with E-state index >= 15 is 0 Å². The van der Waals surface area contributed by atoms with Crippen molar-refractivity contribution in [1.82, 2.24) is 9.88 Å². The van der Waals surface area contributed by atoms with Gasteiger partial charge in [0.2, 0.25) is 0 Å². The normalized spacial score (nSPS) is 17.5. The molecule has 1 fully saturated rings. The van der Waals surface area contributed by atoms with E-state index in [9.17, 15) is 9.90 Å². The van der Waals surface area contributed by atoms with Crippen molar-refractivity contribution in [2.24, 2.45) is 5.92 Å². The average molecular weight is 375 g/mol. The quantitative estimate of drug-likeness (QED) is 0.714. The number of rotatable bonds is 5. The number of carbonyl (C=O) groups excluding carboxylic acids is 1. The van der Waals surface area contributed by atoms with Crippen LogP contribution in [0.5, 0.6) is 0 Å². The van der Waals surface area contributed by atoms with E-state index < -0.39 is 0 Å². The number of anilines is 1. The minimum Gasteiger partial charge on any atom is -0.396 e. The lowest BCUT2D eigenvalue weighted by atomic mass is 9.98. The summed E-state index contributed by atoms with van der Waals surface area (Å²) in [5.41, 5.74) is 1.74. The molecule has 1 atom stereocenters. The topological polar surface area (TPSA) is 65.5 Å². The monoisotopic (exact) mass is 375 g/mol. The van der Waals surface area contributed by atoms with Gasteiger partial charge in [0.05, 0.1) is 0 Å². The Morgan fingerprint density at radius 1 is 1.18 bits per heavy atom. The zero-order valence-corrected chi connectivity index (χ0v) is 15.8. The average Bonchev–Trinajstić information content (AvgIpc) is 2.74. The van der Waals surface area contributed by atoms with Crippen LogP contribution in [0.25, 0.3) is 10.8 Å². The van der Waals surface area contributed by atoms with Gasteiger partial charge in [-0.3, -0.25) is 9.69 Å². The summed E-state index contributed by atoms with van der Waals surface area (Å²) in [6.45, 7) is 2.99. The molecule has 28 heavy (non-hydrogen) atoms. The SMILES string of the molecule is O=C(Nc1nccc2ccccc12)c1cccc(CN2CCC[C@@H](CO)C2)c1. The maximum Gasteiger partial charge on any atom is 0.256 e. The fourth-order valence-electron chi connectivity index (χ4n) is 3.91. The van der Waals surface area contributed by atoms with Gasteiger partial charge in [0.25, 0.3) is 5.91 Å². The Balaban J connectivity index is 1.48. The Kier molecular flexibility index (Phi) is 5.65. The van der Waals surface area contributed by atoms with Crippen LogP contribution >= 0.6 is 0 Å². The number of nitrogens with one attached hydrogen (secondary N) is 1. The van der Waals surface area contributed by atoms with E-state index in [1.807, 2.05) is 48.5 Å². The summed E-state index contributed by atoms with van der Waals surface area (Å²) in [5, 5.41) is 14.3.